The van der Waals surface area contributed by atoms with E-state index in [1.54, 1.807) is 0 Å². The second-order valence-corrected chi connectivity index (χ2v) is 14.7. The molecule has 4 aromatic heterocycles. The molecule has 0 fully saturated rings. The van der Waals surface area contributed by atoms with Gasteiger partial charge in [-0.15, -0.1) is 0 Å². The van der Waals surface area contributed by atoms with Gasteiger partial charge >= 0.3 is 0 Å². The van der Waals surface area contributed by atoms with Crippen molar-refractivity contribution in [3.63, 3.8) is 0 Å². The highest BCUT2D eigenvalue weighted by atomic mass is 15.0. The third-order valence-corrected chi connectivity index (χ3v) is 11.4. The first-order valence-electron chi connectivity index (χ1n) is 19.5. The quantitative estimate of drug-likeness (QED) is 0.126. The van der Waals surface area contributed by atoms with E-state index in [0.717, 1.165) is 78.5 Å². The van der Waals surface area contributed by atoms with Crippen molar-refractivity contribution >= 4 is 43.6 Å². The predicted molar refractivity (Wildman–Crippen MR) is 236 cm³/mol. The van der Waals surface area contributed by atoms with Crippen molar-refractivity contribution in [2.75, 3.05) is 0 Å². The molecule has 12 rings (SSSR count). The van der Waals surface area contributed by atoms with Crippen molar-refractivity contribution < 1.29 is 0 Å². The van der Waals surface area contributed by atoms with E-state index in [2.05, 4.69) is 153 Å². The van der Waals surface area contributed by atoms with Crippen LogP contribution in [0.15, 0.2) is 195 Å². The Kier molecular flexibility index (Phi) is 7.13. The third-order valence-electron chi connectivity index (χ3n) is 11.4. The van der Waals surface area contributed by atoms with Crippen LogP contribution >= 0.6 is 0 Å². The number of nitrogens with zero attached hydrogens (tertiary/aromatic N) is 6. The summed E-state index contributed by atoms with van der Waals surface area (Å²) in [6.45, 7) is 0. The Bertz CT molecular complexity index is 3160. The second kappa shape index (κ2) is 12.8. The molecule has 0 amide bonds. The Balaban J connectivity index is 1.26. The summed E-state index contributed by atoms with van der Waals surface area (Å²) < 4.78 is 4.93. The van der Waals surface area contributed by atoms with E-state index in [0.29, 0.717) is 0 Å². The molecule has 0 N–H and O–H groups in total. The fourth-order valence-corrected chi connectivity index (χ4v) is 8.99. The molecular formula is C52H32N6. The molecule has 6 heterocycles. The lowest BCUT2D eigenvalue weighted by Gasteiger charge is -2.31. The fraction of sp³-hybridized carbons (Fsp3) is 0. The van der Waals surface area contributed by atoms with E-state index in [9.17, 15) is 0 Å². The number of aromatic nitrogens is 6. The average Bonchev–Trinajstić information content (AvgIpc) is 3.31. The second-order valence-electron chi connectivity index (χ2n) is 14.7. The summed E-state index contributed by atoms with van der Waals surface area (Å²) in [5.74, 6) is 0. The molecule has 2 aliphatic rings. The van der Waals surface area contributed by atoms with E-state index in [1.807, 2.05) is 61.2 Å². The largest absolute Gasteiger partial charge is 0.309 e. The van der Waals surface area contributed by atoms with Crippen molar-refractivity contribution in [3.05, 3.63) is 195 Å². The summed E-state index contributed by atoms with van der Waals surface area (Å²) in [5.41, 5.74) is 16.8. The van der Waals surface area contributed by atoms with Gasteiger partial charge in [0.05, 0.1) is 44.8 Å². The minimum Gasteiger partial charge on any atom is -0.309 e. The molecule has 10 aromatic rings. The van der Waals surface area contributed by atoms with Gasteiger partial charge in [-0.2, -0.15) is 0 Å². The Labute approximate surface area is 333 Å². The van der Waals surface area contributed by atoms with Gasteiger partial charge < -0.3 is 9.13 Å². The van der Waals surface area contributed by atoms with Gasteiger partial charge in [0, 0.05) is 80.3 Å². The number of para-hydroxylation sites is 2. The van der Waals surface area contributed by atoms with Gasteiger partial charge in [-0.3, -0.25) is 19.9 Å². The van der Waals surface area contributed by atoms with Crippen LogP contribution in [0.5, 0.6) is 0 Å². The van der Waals surface area contributed by atoms with Gasteiger partial charge in [0.25, 0.3) is 0 Å². The predicted octanol–water partition coefficient (Wildman–Crippen LogP) is 12.7. The molecule has 0 spiro atoms. The van der Waals surface area contributed by atoms with Crippen molar-refractivity contribution in [3.8, 4) is 67.5 Å². The molecule has 0 unspecified atom stereocenters. The molecule has 6 aromatic carbocycles. The minimum absolute atomic E-state index is 0.838. The molecule has 0 saturated carbocycles. The highest BCUT2D eigenvalue weighted by Crippen LogP contribution is 2.54. The highest BCUT2D eigenvalue weighted by Gasteiger charge is 2.31. The zero-order valence-corrected chi connectivity index (χ0v) is 31.2. The maximum atomic E-state index is 5.00. The summed E-state index contributed by atoms with van der Waals surface area (Å²) in [7, 11) is 0. The lowest BCUT2D eigenvalue weighted by atomic mass is 9.82. The lowest BCUT2D eigenvalue weighted by Crippen LogP contribution is -2.12. The minimum atomic E-state index is 0.838. The Morgan fingerprint density at radius 3 is 1.17 bits per heavy atom. The summed E-state index contributed by atoms with van der Waals surface area (Å²) in [4.78, 5) is 19.2. The van der Waals surface area contributed by atoms with Gasteiger partial charge in [-0.1, -0.05) is 84.9 Å². The number of benzene rings is 6. The molecule has 270 valence electrons. The SMILES string of the molecule is c1ccc(-n2c3c(-c4ccc(-c5ccccn5)nc4)cc4cccc5c4c3-c3c4c(cccc42)cc(-c2ccc(-c4ccccn4)nc2)c3n5-c2ccccc2)cc1. The first kappa shape index (κ1) is 32.3. The Morgan fingerprint density at radius 1 is 0.345 bits per heavy atom. The van der Waals surface area contributed by atoms with Crippen LogP contribution in [0.1, 0.15) is 0 Å². The number of hydrogen-bond donors (Lipinski definition) is 0. The standard InChI is InChI=1S/C52H32N6/c1-3-15-37(16-4-1)57-45-21-11-13-33-30-40(36-24-26-44(56-32-36)42-20-8-10-28-54-42)52-50(47(33)45)49-48-34(14-12-22-46(48)58(52)38-17-5-2-6-18-38)29-39(51(49)57)35-23-25-43(55-31-35)41-19-7-9-27-53-41/h1-32H. The Hall–Kier alpha value is -7.96. The van der Waals surface area contributed by atoms with Gasteiger partial charge in [-0.25, -0.2) is 0 Å². The van der Waals surface area contributed by atoms with E-state index < -0.39 is 0 Å². The van der Waals surface area contributed by atoms with Crippen LogP contribution in [0.4, 0.5) is 0 Å². The molecule has 0 bridgehead atoms. The normalized spacial score (nSPS) is 11.8. The summed E-state index contributed by atoms with van der Waals surface area (Å²) in [5, 5.41) is 4.76. The molecule has 2 aliphatic heterocycles. The number of rotatable bonds is 6. The van der Waals surface area contributed by atoms with Crippen LogP contribution in [0.2, 0.25) is 0 Å². The van der Waals surface area contributed by atoms with Crippen molar-refractivity contribution in [1.29, 1.82) is 0 Å². The fourth-order valence-electron chi connectivity index (χ4n) is 8.99. The number of hydrogen-bond acceptors (Lipinski definition) is 4. The van der Waals surface area contributed by atoms with Crippen LogP contribution in [0.25, 0.3) is 111 Å². The van der Waals surface area contributed by atoms with Gasteiger partial charge in [0.1, 0.15) is 0 Å². The van der Waals surface area contributed by atoms with E-state index >= 15 is 0 Å². The van der Waals surface area contributed by atoms with Crippen LogP contribution in [0, 0.1) is 0 Å². The monoisotopic (exact) mass is 740 g/mol. The molecule has 0 atom stereocenters. The number of pyridine rings is 6. The van der Waals surface area contributed by atoms with Gasteiger partial charge in [0.2, 0.25) is 0 Å². The average molecular weight is 741 g/mol. The van der Waals surface area contributed by atoms with Gasteiger partial charge in [-0.05, 0) is 95.7 Å². The van der Waals surface area contributed by atoms with Crippen molar-refractivity contribution in [2.24, 2.45) is 0 Å². The van der Waals surface area contributed by atoms with Crippen LogP contribution in [-0.4, -0.2) is 29.1 Å². The van der Waals surface area contributed by atoms with E-state index in [4.69, 9.17) is 9.97 Å². The smallest absolute Gasteiger partial charge is 0.0886 e. The van der Waals surface area contributed by atoms with E-state index in [1.165, 1.54) is 32.7 Å². The third kappa shape index (κ3) is 4.85. The first-order chi connectivity index (χ1) is 28.8. The molecule has 6 nitrogen and oxygen atoms in total. The molecule has 58 heavy (non-hydrogen) atoms. The van der Waals surface area contributed by atoms with E-state index in [-0.39, 0.29) is 0 Å². The summed E-state index contributed by atoms with van der Waals surface area (Å²) in [6.07, 6.45) is 7.63. The van der Waals surface area contributed by atoms with Crippen molar-refractivity contribution in [2.45, 2.75) is 0 Å². The van der Waals surface area contributed by atoms with Crippen LogP contribution in [-0.2, 0) is 0 Å². The Morgan fingerprint density at radius 2 is 0.776 bits per heavy atom. The van der Waals surface area contributed by atoms with Crippen LogP contribution < -0.4 is 0 Å². The van der Waals surface area contributed by atoms with Crippen LogP contribution in [0.3, 0.4) is 0 Å². The molecule has 6 heteroatoms. The first-order valence-corrected chi connectivity index (χ1v) is 19.5. The summed E-state index contributed by atoms with van der Waals surface area (Å²) >= 11 is 0. The highest BCUT2D eigenvalue weighted by molar-refractivity contribution is 6.30. The molecule has 0 saturated heterocycles. The molecular weight excluding hydrogens is 709 g/mol. The topological polar surface area (TPSA) is 61.4 Å². The lowest BCUT2D eigenvalue weighted by molar-refractivity contribution is 1.14. The molecule has 0 aliphatic carbocycles. The van der Waals surface area contributed by atoms with Gasteiger partial charge in [0.15, 0.2) is 0 Å². The maximum Gasteiger partial charge on any atom is 0.0886 e. The maximum absolute atomic E-state index is 5.00. The zero-order valence-electron chi connectivity index (χ0n) is 31.2. The van der Waals surface area contributed by atoms with Crippen molar-refractivity contribution in [1.82, 2.24) is 29.1 Å². The molecule has 0 radical (unpaired) electrons. The zero-order chi connectivity index (χ0) is 38.2. The summed E-state index contributed by atoms with van der Waals surface area (Å²) in [6, 6.07) is 60.0.